The number of nitrogens with zero attached hydrogens (tertiary/aromatic N) is 1. The van der Waals surface area contributed by atoms with Crippen LogP contribution in [0.1, 0.15) is 0 Å². The fraction of sp³-hybridized carbons (Fsp3) is 0.0833. The number of anilines is 2. The van der Waals surface area contributed by atoms with Gasteiger partial charge in [-0.15, -0.1) is 0 Å². The summed E-state index contributed by atoms with van der Waals surface area (Å²) in [5.41, 5.74) is 9.06. The van der Waals surface area contributed by atoms with Gasteiger partial charge in [0, 0.05) is 0 Å². The van der Waals surface area contributed by atoms with Crippen molar-refractivity contribution in [3.63, 3.8) is 0 Å². The van der Waals surface area contributed by atoms with Crippen LogP contribution in [0, 0.1) is 0 Å². The molecule has 1 unspecified atom stereocenters. The van der Waals surface area contributed by atoms with Gasteiger partial charge in [-0.25, -0.2) is 0 Å². The van der Waals surface area contributed by atoms with Gasteiger partial charge >= 0.3 is 223 Å². The summed E-state index contributed by atoms with van der Waals surface area (Å²) in [6, 6.07) is 26.1. The van der Waals surface area contributed by atoms with E-state index in [2.05, 4.69) is 117 Å². The van der Waals surface area contributed by atoms with Crippen LogP contribution in [0.4, 0.5) is 11.4 Å². The van der Waals surface area contributed by atoms with Crippen molar-refractivity contribution < 1.29 is 0 Å². The van der Waals surface area contributed by atoms with Crippen molar-refractivity contribution in [3.05, 3.63) is 91.0 Å². The molecule has 7 saturated heterocycles. The first-order valence-electron chi connectivity index (χ1n) is 14.1. The third-order valence-corrected chi connectivity index (χ3v) is 26.8. The van der Waals surface area contributed by atoms with Gasteiger partial charge in [-0.3, -0.25) is 0 Å². The second-order valence-corrected chi connectivity index (χ2v) is 23.6. The number of hydrogen-bond acceptors (Lipinski definition) is 2. The number of allylic oxidation sites excluding steroid dienone is 2. The normalized spacial score (nSPS) is 33.0. The molecular formula is C24H18B9N2P2-2. The Bertz CT molecular complexity index is 1740. The summed E-state index contributed by atoms with van der Waals surface area (Å²) in [6.07, 6.45) is 10.5. The summed E-state index contributed by atoms with van der Waals surface area (Å²) in [7, 11) is 2.72. The van der Waals surface area contributed by atoms with Crippen LogP contribution in [-0.4, -0.2) is 64.7 Å². The van der Waals surface area contributed by atoms with Crippen molar-refractivity contribution in [2.75, 3.05) is 4.90 Å². The first-order chi connectivity index (χ1) is 18.2. The van der Waals surface area contributed by atoms with E-state index in [1.165, 1.54) is 22.3 Å². The number of fused-ring (bicyclic) bond motifs is 6. The average molecular weight is 494 g/mol. The molecule has 13 heteroatoms. The van der Waals surface area contributed by atoms with Crippen molar-refractivity contribution in [1.82, 2.24) is 4.86 Å². The minimum atomic E-state index is -2.07. The van der Waals surface area contributed by atoms with Gasteiger partial charge in [0.2, 0.25) is 0 Å². The molecule has 37 heavy (non-hydrogen) atoms. The van der Waals surface area contributed by atoms with Crippen LogP contribution < -0.4 is 26.0 Å². The van der Waals surface area contributed by atoms with Gasteiger partial charge in [0.05, 0.1) is 0 Å². The molecule has 2 atom stereocenters. The number of rotatable bonds is 4. The van der Waals surface area contributed by atoms with Crippen LogP contribution in [0.15, 0.2) is 91.0 Å². The molecule has 2 nitrogen and oxygen atoms in total. The van der Waals surface area contributed by atoms with Gasteiger partial charge in [0.15, 0.2) is 0 Å². The molecule has 1 spiro atoms. The van der Waals surface area contributed by atoms with Crippen LogP contribution >= 0.6 is 12.7 Å². The molecule has 0 amide bonds. The monoisotopic (exact) mass is 495 g/mol. The Labute approximate surface area is 222 Å². The predicted molar refractivity (Wildman–Crippen MR) is 174 cm³/mol. The maximum atomic E-state index is 4.74. The summed E-state index contributed by atoms with van der Waals surface area (Å²) in [5, 5.41) is 1.76. The van der Waals surface area contributed by atoms with E-state index >= 15 is 0 Å². The summed E-state index contributed by atoms with van der Waals surface area (Å²) < 4.78 is 0. The van der Waals surface area contributed by atoms with Gasteiger partial charge in [0.25, 0.3) is 0 Å². The SMILES string of the molecule is [B]1B2B3[B-]P123NP12(c3ccc4c5c3N(c3ccccc3)[C@@H]3C=CC=CC3B5c3ccccc3-4)B3[B-]B1B32. The van der Waals surface area contributed by atoms with Crippen LogP contribution in [0.3, 0.4) is 0 Å². The second-order valence-electron chi connectivity index (χ2n) is 13.3. The molecule has 3 aromatic carbocycles. The summed E-state index contributed by atoms with van der Waals surface area (Å²) in [4.78, 5) is 7.52. The number of benzene rings is 3. The van der Waals surface area contributed by atoms with E-state index in [0.29, 0.717) is 18.6 Å². The fourth-order valence-electron chi connectivity index (χ4n) is 10.3. The van der Waals surface area contributed by atoms with E-state index in [1.807, 2.05) is 0 Å². The molecule has 3 aromatic rings. The first-order valence-corrected chi connectivity index (χ1v) is 19.0. The summed E-state index contributed by atoms with van der Waals surface area (Å²) in [5.74, 6) is 0.449. The Balaban J connectivity index is 1.19. The van der Waals surface area contributed by atoms with E-state index in [0.717, 1.165) is 31.1 Å². The average Bonchev–Trinajstić information content (AvgIpc) is 3.88. The molecule has 0 aromatic heterocycles. The molecule has 7 fully saturated rings. The molecule has 1 aliphatic carbocycles. The van der Waals surface area contributed by atoms with Gasteiger partial charge in [-0.1, -0.05) is 0 Å². The van der Waals surface area contributed by atoms with E-state index in [1.54, 1.807) is 16.5 Å². The van der Waals surface area contributed by atoms with Crippen molar-refractivity contribution in [2.45, 2.75) is 11.9 Å². The Morgan fingerprint density at radius 2 is 1.65 bits per heavy atom. The van der Waals surface area contributed by atoms with Gasteiger partial charge in [0.1, 0.15) is 0 Å². The van der Waals surface area contributed by atoms with Crippen LogP contribution in [0.2, 0.25) is 5.82 Å². The third-order valence-electron chi connectivity index (χ3n) is 12.4. The summed E-state index contributed by atoms with van der Waals surface area (Å²) >= 11 is 0. The van der Waals surface area contributed by atoms with Gasteiger partial charge < -0.3 is 0 Å². The molecule has 5 radical (unpaired) electrons. The Morgan fingerprint density at radius 1 is 0.865 bits per heavy atom. The zero-order valence-electron chi connectivity index (χ0n) is 20.4. The van der Waals surface area contributed by atoms with Gasteiger partial charge in [-0.2, -0.15) is 0 Å². The third kappa shape index (κ3) is 1.65. The molecule has 13 rings (SSSR count). The molecule has 10 aliphatic rings. The summed E-state index contributed by atoms with van der Waals surface area (Å²) in [6.45, 7) is 5.98. The first kappa shape index (κ1) is 19.4. The van der Waals surface area contributed by atoms with Crippen molar-refractivity contribution in [3.8, 4) is 11.1 Å². The van der Waals surface area contributed by atoms with Gasteiger partial charge in [-0.05, 0) is 0 Å². The topological polar surface area (TPSA) is 15.3 Å². The number of nitrogens with one attached hydrogen (secondary N) is 1. The molecule has 1 N–H and O–H groups in total. The molecule has 163 valence electrons. The zero-order valence-corrected chi connectivity index (χ0v) is 22.1. The number of hydrogen-bond donors (Lipinski definition) is 1. The van der Waals surface area contributed by atoms with Crippen LogP contribution in [0.25, 0.3) is 11.1 Å². The maximum absolute atomic E-state index is 4.74. The fourth-order valence-corrected chi connectivity index (χ4v) is 29.7. The molecule has 2 bridgehead atoms. The second kappa shape index (κ2) is 5.24. The van der Waals surface area contributed by atoms with Crippen molar-refractivity contribution in [2.24, 2.45) is 0 Å². The molecular weight excluding hydrogens is 476 g/mol. The standard InChI is InChI=1S/C24H18B9N2P2/c1-2-8-16(9-3-1)35-21-13-7-6-12-20(21)28-19-11-5-4-10-17(19)18-14-15-22(24(35)23(18)28)36(29-25-30(36)33(29)36)34-37-26-31(37)32(37)27-37/h1-15,20-21,34H/q-2/t20?,21-/m1/s1. The van der Waals surface area contributed by atoms with Crippen molar-refractivity contribution in [1.29, 1.82) is 0 Å². The van der Waals surface area contributed by atoms with E-state index < -0.39 is 12.7 Å². The molecule has 0 saturated carbocycles. The van der Waals surface area contributed by atoms with Crippen LogP contribution in [0.5, 0.6) is 0 Å². The van der Waals surface area contributed by atoms with Crippen LogP contribution in [-0.2, 0) is 0 Å². The molecule has 9 aliphatic heterocycles. The van der Waals surface area contributed by atoms with E-state index in [4.69, 9.17) is 4.86 Å². The molecule has 9 heterocycles. The Morgan fingerprint density at radius 3 is 2.38 bits per heavy atom. The quantitative estimate of drug-likeness (QED) is 0.439. The van der Waals surface area contributed by atoms with E-state index in [-0.39, 0.29) is 0 Å². The predicted octanol–water partition coefficient (Wildman–Crippen LogP) is 1.65. The zero-order chi connectivity index (χ0) is 23.6. The van der Waals surface area contributed by atoms with E-state index in [9.17, 15) is 0 Å². The number of para-hydroxylation sites is 1. The van der Waals surface area contributed by atoms with Crippen molar-refractivity contribution >= 4 is 98.9 Å². The minimum absolute atomic E-state index is 0.344. The Kier molecular flexibility index (Phi) is 2.75. The Hall–Kier alpha value is -1.66.